The van der Waals surface area contributed by atoms with Gasteiger partial charge in [-0.1, -0.05) is 41.6 Å². The fraction of sp³-hybridized carbons (Fsp3) is 0.167. The topological polar surface area (TPSA) is 21.1 Å². The van der Waals surface area contributed by atoms with E-state index in [2.05, 4.69) is 52.8 Å². The number of aromatic nitrogens is 2. The second kappa shape index (κ2) is 7.11. The van der Waals surface area contributed by atoms with Gasteiger partial charge >= 0.3 is 0 Å². The van der Waals surface area contributed by atoms with Gasteiger partial charge in [-0.2, -0.15) is 0 Å². The van der Waals surface area contributed by atoms with Gasteiger partial charge in [-0.25, -0.2) is 4.98 Å². The van der Waals surface area contributed by atoms with Crippen molar-refractivity contribution < 1.29 is 0 Å². The molecule has 2 aromatic carbocycles. The van der Waals surface area contributed by atoms with Crippen LogP contribution in [0.5, 0.6) is 0 Å². The van der Waals surface area contributed by atoms with E-state index >= 15 is 0 Å². The van der Waals surface area contributed by atoms with E-state index in [-0.39, 0.29) is 0 Å². The summed E-state index contributed by atoms with van der Waals surface area (Å²) in [5.74, 6) is 0.874. The Morgan fingerprint density at radius 1 is 1.09 bits per heavy atom. The van der Waals surface area contributed by atoms with Gasteiger partial charge in [0.05, 0.1) is 0 Å². The highest BCUT2D eigenvalue weighted by Crippen LogP contribution is 2.28. The highest BCUT2D eigenvalue weighted by molar-refractivity contribution is 7.98. The molecule has 3 rings (SSSR count). The van der Waals surface area contributed by atoms with Crippen molar-refractivity contribution in [3.8, 4) is 5.69 Å². The van der Waals surface area contributed by atoms with Crippen LogP contribution in [0.1, 0.15) is 5.56 Å². The van der Waals surface area contributed by atoms with E-state index in [1.807, 2.05) is 36.7 Å². The van der Waals surface area contributed by atoms with Crippen LogP contribution in [-0.2, 0) is 5.75 Å². The summed E-state index contributed by atoms with van der Waals surface area (Å²) in [6.45, 7) is 0. The predicted molar refractivity (Wildman–Crippen MR) is 98.9 cm³/mol. The first-order valence-electron chi connectivity index (χ1n) is 7.32. The van der Waals surface area contributed by atoms with Gasteiger partial charge in [0.1, 0.15) is 0 Å². The smallest absolute Gasteiger partial charge is 0.172 e. The lowest BCUT2D eigenvalue weighted by Crippen LogP contribution is -2.10. The number of thioether (sulfide) groups is 1. The molecule has 0 spiro atoms. The number of nitrogens with zero attached hydrogens (tertiary/aromatic N) is 3. The van der Waals surface area contributed by atoms with Gasteiger partial charge in [0, 0.05) is 48.6 Å². The second-order valence-corrected chi connectivity index (χ2v) is 6.75. The molecule has 118 valence electrons. The van der Waals surface area contributed by atoms with Crippen molar-refractivity contribution in [3.05, 3.63) is 71.5 Å². The SMILES string of the molecule is CN(C)c1ccccc1CSc1nccn1-c1ccc(Cl)cc1. The number of hydrogen-bond donors (Lipinski definition) is 0. The molecular formula is C18H18ClN3S. The standard InChI is InChI=1S/C18H18ClN3S/c1-21(2)17-6-4-3-5-14(17)13-23-18-20-11-12-22(18)16-9-7-15(19)8-10-16/h3-12H,13H2,1-2H3. The Labute approximate surface area is 145 Å². The maximum atomic E-state index is 5.97. The molecule has 0 unspecified atom stereocenters. The molecule has 0 amide bonds. The van der Waals surface area contributed by atoms with Gasteiger partial charge in [-0.3, -0.25) is 4.57 Å². The zero-order chi connectivity index (χ0) is 16.2. The summed E-state index contributed by atoms with van der Waals surface area (Å²) in [4.78, 5) is 6.62. The Morgan fingerprint density at radius 3 is 2.57 bits per heavy atom. The van der Waals surface area contributed by atoms with E-state index in [0.29, 0.717) is 0 Å². The van der Waals surface area contributed by atoms with Crippen LogP contribution in [-0.4, -0.2) is 23.6 Å². The third kappa shape index (κ3) is 3.71. The molecule has 23 heavy (non-hydrogen) atoms. The van der Waals surface area contributed by atoms with Gasteiger partial charge in [0.15, 0.2) is 5.16 Å². The first-order chi connectivity index (χ1) is 11.1. The summed E-state index contributed by atoms with van der Waals surface area (Å²) >= 11 is 7.70. The lowest BCUT2D eigenvalue weighted by Gasteiger charge is -2.17. The van der Waals surface area contributed by atoms with Crippen molar-refractivity contribution in [1.82, 2.24) is 9.55 Å². The van der Waals surface area contributed by atoms with E-state index in [4.69, 9.17) is 11.6 Å². The minimum Gasteiger partial charge on any atom is -0.377 e. The summed E-state index contributed by atoms with van der Waals surface area (Å²) < 4.78 is 2.08. The third-order valence-electron chi connectivity index (χ3n) is 3.54. The molecule has 0 bridgehead atoms. The zero-order valence-corrected chi connectivity index (χ0v) is 14.7. The number of rotatable bonds is 5. The van der Waals surface area contributed by atoms with Crippen LogP contribution in [0.4, 0.5) is 5.69 Å². The second-order valence-electron chi connectivity index (χ2n) is 5.37. The zero-order valence-electron chi connectivity index (χ0n) is 13.1. The molecule has 0 aliphatic carbocycles. The van der Waals surface area contributed by atoms with Gasteiger partial charge in [-0.05, 0) is 35.9 Å². The Morgan fingerprint density at radius 2 is 1.83 bits per heavy atom. The van der Waals surface area contributed by atoms with E-state index in [0.717, 1.165) is 21.6 Å². The molecule has 5 heteroatoms. The van der Waals surface area contributed by atoms with Crippen molar-refractivity contribution in [2.45, 2.75) is 10.9 Å². The largest absolute Gasteiger partial charge is 0.377 e. The van der Waals surface area contributed by atoms with Gasteiger partial charge in [0.25, 0.3) is 0 Å². The fourth-order valence-electron chi connectivity index (χ4n) is 2.41. The molecule has 0 saturated carbocycles. The van der Waals surface area contributed by atoms with E-state index in [1.165, 1.54) is 11.3 Å². The molecular weight excluding hydrogens is 326 g/mol. The molecule has 0 radical (unpaired) electrons. The summed E-state index contributed by atoms with van der Waals surface area (Å²) in [5.41, 5.74) is 3.60. The third-order valence-corrected chi connectivity index (χ3v) is 4.81. The van der Waals surface area contributed by atoms with Crippen LogP contribution in [0.15, 0.2) is 66.1 Å². The summed E-state index contributed by atoms with van der Waals surface area (Å²) in [6, 6.07) is 16.2. The fourth-order valence-corrected chi connectivity index (χ4v) is 3.50. The van der Waals surface area contributed by atoms with Crippen molar-refractivity contribution in [1.29, 1.82) is 0 Å². The van der Waals surface area contributed by atoms with E-state index in [1.54, 1.807) is 11.8 Å². The number of para-hydroxylation sites is 1. The van der Waals surface area contributed by atoms with E-state index in [9.17, 15) is 0 Å². The number of imidazole rings is 1. The van der Waals surface area contributed by atoms with E-state index < -0.39 is 0 Å². The number of hydrogen-bond acceptors (Lipinski definition) is 3. The molecule has 0 atom stereocenters. The first-order valence-corrected chi connectivity index (χ1v) is 8.69. The maximum absolute atomic E-state index is 5.97. The Bertz CT molecular complexity index is 781. The molecule has 1 heterocycles. The number of halogens is 1. The quantitative estimate of drug-likeness (QED) is 0.616. The molecule has 0 aliphatic rings. The van der Waals surface area contributed by atoms with Crippen molar-refractivity contribution >= 4 is 29.1 Å². The molecule has 0 fully saturated rings. The monoisotopic (exact) mass is 343 g/mol. The molecule has 0 N–H and O–H groups in total. The normalized spacial score (nSPS) is 10.7. The van der Waals surface area contributed by atoms with Crippen LogP contribution < -0.4 is 4.90 Å². The molecule has 3 aromatic rings. The van der Waals surface area contributed by atoms with Gasteiger partial charge < -0.3 is 4.90 Å². The van der Waals surface area contributed by atoms with Crippen LogP contribution in [0.25, 0.3) is 5.69 Å². The lowest BCUT2D eigenvalue weighted by atomic mass is 10.2. The Hall–Kier alpha value is -1.91. The van der Waals surface area contributed by atoms with Crippen molar-refractivity contribution in [2.75, 3.05) is 19.0 Å². The summed E-state index contributed by atoms with van der Waals surface area (Å²) in [5, 5.41) is 1.71. The van der Waals surface area contributed by atoms with Crippen LogP contribution in [0.3, 0.4) is 0 Å². The minimum absolute atomic E-state index is 0.739. The lowest BCUT2D eigenvalue weighted by molar-refractivity contribution is 0.895. The van der Waals surface area contributed by atoms with Gasteiger partial charge in [-0.15, -0.1) is 0 Å². The predicted octanol–water partition coefficient (Wildman–Crippen LogP) is 4.88. The molecule has 3 nitrogen and oxygen atoms in total. The summed E-state index contributed by atoms with van der Waals surface area (Å²) in [7, 11) is 4.14. The average molecular weight is 344 g/mol. The first kappa shape index (κ1) is 16.0. The Balaban J connectivity index is 1.80. The minimum atomic E-state index is 0.739. The average Bonchev–Trinajstić information content (AvgIpc) is 3.02. The maximum Gasteiger partial charge on any atom is 0.172 e. The molecule has 0 saturated heterocycles. The van der Waals surface area contributed by atoms with Gasteiger partial charge in [0.2, 0.25) is 0 Å². The summed E-state index contributed by atoms with van der Waals surface area (Å²) in [6.07, 6.45) is 3.80. The highest BCUT2D eigenvalue weighted by Gasteiger charge is 2.09. The van der Waals surface area contributed by atoms with Crippen molar-refractivity contribution in [2.24, 2.45) is 0 Å². The van der Waals surface area contributed by atoms with Crippen LogP contribution >= 0.6 is 23.4 Å². The molecule has 1 aromatic heterocycles. The Kier molecular flexibility index (Phi) is 4.94. The number of benzene rings is 2. The van der Waals surface area contributed by atoms with Crippen LogP contribution in [0.2, 0.25) is 5.02 Å². The van der Waals surface area contributed by atoms with Crippen molar-refractivity contribution in [3.63, 3.8) is 0 Å². The molecule has 0 aliphatic heterocycles. The highest BCUT2D eigenvalue weighted by atomic mass is 35.5. The van der Waals surface area contributed by atoms with Crippen LogP contribution in [0, 0.1) is 0 Å². The number of anilines is 1.